The molecule has 0 bridgehead atoms. The molecule has 2 aliphatic heterocycles. The molecule has 1 aromatic heterocycles. The van der Waals surface area contributed by atoms with Crippen molar-refractivity contribution < 1.29 is 18.7 Å². The summed E-state index contributed by atoms with van der Waals surface area (Å²) >= 11 is 0. The number of benzene rings is 2. The molecule has 2 saturated heterocycles. The van der Waals surface area contributed by atoms with Gasteiger partial charge in [-0.25, -0.2) is 4.98 Å². The second-order valence-corrected chi connectivity index (χ2v) is 11.0. The summed E-state index contributed by atoms with van der Waals surface area (Å²) in [5.74, 6) is 2.98. The van der Waals surface area contributed by atoms with Gasteiger partial charge in [0.1, 0.15) is 5.76 Å². The van der Waals surface area contributed by atoms with Crippen LogP contribution in [-0.2, 0) is 17.9 Å². The van der Waals surface area contributed by atoms with Crippen LogP contribution in [0.25, 0.3) is 11.5 Å². The maximum Gasteiger partial charge on any atom is 0.226 e. The van der Waals surface area contributed by atoms with Gasteiger partial charge in [-0.3, -0.25) is 19.5 Å². The largest absolute Gasteiger partial charge is 0.493 e. The zero-order valence-electron chi connectivity index (χ0n) is 24.6. The number of amides is 1. The van der Waals surface area contributed by atoms with Crippen molar-refractivity contribution in [3.8, 4) is 23.0 Å². The lowest BCUT2D eigenvalue weighted by Gasteiger charge is -2.35. The summed E-state index contributed by atoms with van der Waals surface area (Å²) in [7, 11) is 3.24. The van der Waals surface area contributed by atoms with Gasteiger partial charge in [0.2, 0.25) is 11.8 Å². The average Bonchev–Trinajstić information content (AvgIpc) is 3.38. The Morgan fingerprint density at radius 3 is 2.29 bits per heavy atom. The van der Waals surface area contributed by atoms with Gasteiger partial charge in [0, 0.05) is 63.8 Å². The molecule has 0 aliphatic carbocycles. The van der Waals surface area contributed by atoms with E-state index in [1.165, 1.54) is 5.56 Å². The van der Waals surface area contributed by atoms with Gasteiger partial charge in [0.05, 0.1) is 19.9 Å². The molecule has 0 spiro atoms. The normalized spacial score (nSPS) is 17.4. The maximum absolute atomic E-state index is 12.9. The molecule has 2 aliphatic rings. The van der Waals surface area contributed by atoms with Crippen LogP contribution in [0, 0.1) is 12.8 Å². The van der Waals surface area contributed by atoms with Crippen LogP contribution in [0.5, 0.6) is 11.5 Å². The number of carbonyl (C=O) groups excluding carboxylic acids is 1. The molecule has 0 atom stereocenters. The van der Waals surface area contributed by atoms with Crippen molar-refractivity contribution in [2.75, 3.05) is 66.6 Å². The zero-order chi connectivity index (χ0) is 28.6. The fourth-order valence-electron chi connectivity index (χ4n) is 5.73. The van der Waals surface area contributed by atoms with Crippen LogP contribution in [-0.4, -0.2) is 92.2 Å². The van der Waals surface area contributed by atoms with Crippen LogP contribution in [0.3, 0.4) is 0 Å². The molecule has 0 saturated carbocycles. The third-order valence-corrected chi connectivity index (χ3v) is 8.30. The topological polar surface area (TPSA) is 83.3 Å². The highest BCUT2D eigenvalue weighted by Gasteiger charge is 2.26. The number of piperazine rings is 1. The first kappa shape index (κ1) is 29.1. The molecule has 2 fully saturated rings. The molecular formula is C32H43N5O4. The van der Waals surface area contributed by atoms with E-state index in [0.29, 0.717) is 23.9 Å². The molecule has 220 valence electrons. The van der Waals surface area contributed by atoms with Crippen LogP contribution >= 0.6 is 0 Å². The molecule has 9 nitrogen and oxygen atoms in total. The molecule has 5 rings (SSSR count). The zero-order valence-corrected chi connectivity index (χ0v) is 24.6. The van der Waals surface area contributed by atoms with E-state index >= 15 is 0 Å². The Balaban J connectivity index is 1.01. The van der Waals surface area contributed by atoms with Crippen molar-refractivity contribution in [3.05, 3.63) is 65.5 Å². The number of ether oxygens (including phenoxy) is 2. The van der Waals surface area contributed by atoms with Crippen molar-refractivity contribution in [1.29, 1.82) is 0 Å². The van der Waals surface area contributed by atoms with E-state index in [0.717, 1.165) is 88.8 Å². The predicted octanol–water partition coefficient (Wildman–Crippen LogP) is 3.81. The van der Waals surface area contributed by atoms with Gasteiger partial charge < -0.3 is 19.2 Å². The second kappa shape index (κ2) is 14.0. The van der Waals surface area contributed by atoms with Gasteiger partial charge in [-0.2, -0.15) is 0 Å². The summed E-state index contributed by atoms with van der Waals surface area (Å²) in [6, 6.07) is 16.3. The Labute approximate surface area is 243 Å². The highest BCUT2D eigenvalue weighted by molar-refractivity contribution is 5.78. The fourth-order valence-corrected chi connectivity index (χ4v) is 5.73. The van der Waals surface area contributed by atoms with E-state index in [-0.39, 0.29) is 11.8 Å². The first-order valence-corrected chi connectivity index (χ1v) is 14.7. The molecule has 0 radical (unpaired) electrons. The number of carbonyl (C=O) groups is 1. The van der Waals surface area contributed by atoms with E-state index < -0.39 is 0 Å². The number of hydrogen-bond donors (Lipinski definition) is 1. The molecular weight excluding hydrogens is 518 g/mol. The smallest absolute Gasteiger partial charge is 0.226 e. The number of nitrogens with zero attached hydrogens (tertiary/aromatic N) is 4. The minimum Gasteiger partial charge on any atom is -0.493 e. The summed E-state index contributed by atoms with van der Waals surface area (Å²) < 4.78 is 16.8. The van der Waals surface area contributed by atoms with Gasteiger partial charge in [0.25, 0.3) is 0 Å². The van der Waals surface area contributed by atoms with E-state index in [1.54, 1.807) is 14.2 Å². The molecule has 1 N–H and O–H groups in total. The second-order valence-electron chi connectivity index (χ2n) is 11.0. The molecule has 1 amide bonds. The lowest BCUT2D eigenvalue weighted by atomic mass is 9.96. The number of oxazole rings is 1. The Hall–Kier alpha value is -3.40. The standard InChI is InChI=1S/C32H43N5O4/c1-24-28(34-32(41-24)27-9-10-29(39-2)30(21-27)40-3)23-36-14-11-26(12-15-36)31(38)33-13-16-35-17-19-37(20-18-35)22-25-7-5-4-6-8-25/h4-10,21,26H,11-20,22-23H2,1-3H3,(H,33,38). The summed E-state index contributed by atoms with van der Waals surface area (Å²) in [5.41, 5.74) is 3.15. The minimum absolute atomic E-state index is 0.0784. The highest BCUT2D eigenvalue weighted by Crippen LogP contribution is 2.33. The van der Waals surface area contributed by atoms with Crippen LogP contribution in [0.15, 0.2) is 52.9 Å². The Morgan fingerprint density at radius 2 is 1.59 bits per heavy atom. The fraction of sp³-hybridized carbons (Fsp3) is 0.500. The summed E-state index contributed by atoms with van der Waals surface area (Å²) in [4.78, 5) is 25.0. The number of methoxy groups -OCH3 is 2. The molecule has 2 aromatic carbocycles. The van der Waals surface area contributed by atoms with Crippen LogP contribution < -0.4 is 14.8 Å². The Kier molecular flexibility index (Phi) is 9.92. The Bertz CT molecular complexity index is 1260. The first-order valence-electron chi connectivity index (χ1n) is 14.7. The van der Waals surface area contributed by atoms with Crippen molar-refractivity contribution in [2.24, 2.45) is 5.92 Å². The van der Waals surface area contributed by atoms with E-state index in [4.69, 9.17) is 18.9 Å². The lowest BCUT2D eigenvalue weighted by Crippen LogP contribution is -2.48. The summed E-state index contributed by atoms with van der Waals surface area (Å²) in [6.45, 7) is 11.3. The van der Waals surface area contributed by atoms with Crippen molar-refractivity contribution >= 4 is 5.91 Å². The van der Waals surface area contributed by atoms with Crippen LogP contribution in [0.2, 0.25) is 0 Å². The monoisotopic (exact) mass is 561 g/mol. The number of aromatic nitrogens is 1. The lowest BCUT2D eigenvalue weighted by molar-refractivity contribution is -0.126. The summed E-state index contributed by atoms with van der Waals surface area (Å²) in [6.07, 6.45) is 1.73. The summed E-state index contributed by atoms with van der Waals surface area (Å²) in [5, 5.41) is 3.20. The van der Waals surface area contributed by atoms with E-state index in [2.05, 4.69) is 50.3 Å². The third-order valence-electron chi connectivity index (χ3n) is 8.30. The van der Waals surface area contributed by atoms with E-state index in [1.807, 2.05) is 25.1 Å². The van der Waals surface area contributed by atoms with Crippen molar-refractivity contribution in [2.45, 2.75) is 32.9 Å². The highest BCUT2D eigenvalue weighted by atomic mass is 16.5. The molecule has 3 heterocycles. The number of likely N-dealkylation sites (tertiary alicyclic amines) is 1. The van der Waals surface area contributed by atoms with Gasteiger partial charge in [-0.1, -0.05) is 30.3 Å². The number of piperidine rings is 1. The third kappa shape index (κ3) is 7.67. The number of aryl methyl sites for hydroxylation is 1. The van der Waals surface area contributed by atoms with Gasteiger partial charge >= 0.3 is 0 Å². The molecule has 3 aromatic rings. The van der Waals surface area contributed by atoms with Gasteiger partial charge in [-0.05, 0) is 56.6 Å². The number of hydrogen-bond acceptors (Lipinski definition) is 8. The maximum atomic E-state index is 12.9. The molecule has 9 heteroatoms. The number of rotatable bonds is 11. The first-order chi connectivity index (χ1) is 20.0. The van der Waals surface area contributed by atoms with Gasteiger partial charge in [0.15, 0.2) is 11.5 Å². The quantitative estimate of drug-likeness (QED) is 0.379. The van der Waals surface area contributed by atoms with Crippen molar-refractivity contribution in [1.82, 2.24) is 25.0 Å². The Morgan fingerprint density at radius 1 is 0.902 bits per heavy atom. The SMILES string of the molecule is COc1ccc(-c2nc(CN3CCC(C(=O)NCCN4CCN(Cc5ccccc5)CC4)CC3)c(C)o2)cc1OC. The van der Waals surface area contributed by atoms with Crippen LogP contribution in [0.1, 0.15) is 29.9 Å². The van der Waals surface area contributed by atoms with E-state index in [9.17, 15) is 4.79 Å². The predicted molar refractivity (Wildman–Crippen MR) is 159 cm³/mol. The number of nitrogens with one attached hydrogen (secondary N) is 1. The average molecular weight is 562 g/mol. The van der Waals surface area contributed by atoms with Gasteiger partial charge in [-0.15, -0.1) is 0 Å². The van der Waals surface area contributed by atoms with Crippen LogP contribution in [0.4, 0.5) is 0 Å². The minimum atomic E-state index is 0.0784. The molecule has 0 unspecified atom stereocenters. The molecule has 41 heavy (non-hydrogen) atoms. The van der Waals surface area contributed by atoms with Crippen molar-refractivity contribution in [3.63, 3.8) is 0 Å².